The van der Waals surface area contributed by atoms with Gasteiger partial charge in [0.25, 0.3) is 5.91 Å². The number of carbonyl (C=O) groups excluding carboxylic acids is 1. The predicted octanol–water partition coefficient (Wildman–Crippen LogP) is 1.64. The molecule has 0 aliphatic heterocycles. The molecule has 0 saturated carbocycles. The van der Waals surface area contributed by atoms with E-state index in [1.807, 2.05) is 6.92 Å². The van der Waals surface area contributed by atoms with Crippen LogP contribution in [-0.4, -0.2) is 24.1 Å². The molecule has 0 bridgehead atoms. The number of benzene rings is 1. The van der Waals surface area contributed by atoms with Crippen LogP contribution in [0.5, 0.6) is 5.75 Å². The molecule has 0 aliphatic rings. The second-order valence-corrected chi connectivity index (χ2v) is 4.22. The van der Waals surface area contributed by atoms with Crippen LogP contribution >= 0.6 is 0 Å². The molecule has 0 heterocycles. The maximum atomic E-state index is 12.8. The molecule has 1 rings (SSSR count). The molecule has 0 fully saturated rings. The van der Waals surface area contributed by atoms with Gasteiger partial charge in [-0.25, -0.2) is 4.39 Å². The fourth-order valence-corrected chi connectivity index (χ4v) is 1.72. The molecule has 1 amide bonds. The Morgan fingerprint density at radius 3 is 2.83 bits per heavy atom. The summed E-state index contributed by atoms with van der Waals surface area (Å²) in [5, 5.41) is 12.2. The van der Waals surface area contributed by atoms with Crippen molar-refractivity contribution in [3.8, 4) is 5.75 Å². The largest absolute Gasteiger partial charge is 0.507 e. The van der Waals surface area contributed by atoms with Gasteiger partial charge in [0.15, 0.2) is 0 Å². The van der Waals surface area contributed by atoms with Crippen molar-refractivity contribution < 1.29 is 14.3 Å². The van der Waals surface area contributed by atoms with E-state index in [2.05, 4.69) is 5.32 Å². The van der Waals surface area contributed by atoms with Gasteiger partial charge in [-0.2, -0.15) is 0 Å². The Labute approximate surface area is 106 Å². The molecular formula is C13H19FN2O2. The lowest BCUT2D eigenvalue weighted by molar-refractivity contribution is 0.0943. The Hall–Kier alpha value is -1.62. The summed E-state index contributed by atoms with van der Waals surface area (Å²) >= 11 is 0. The Bertz CT molecular complexity index is 410. The molecule has 0 saturated heterocycles. The summed E-state index contributed by atoms with van der Waals surface area (Å²) in [5.74, 6) is -0.998. The van der Waals surface area contributed by atoms with Crippen LogP contribution < -0.4 is 11.1 Å². The smallest absolute Gasteiger partial charge is 0.255 e. The van der Waals surface area contributed by atoms with Gasteiger partial charge in [0.05, 0.1) is 5.56 Å². The molecule has 1 unspecified atom stereocenters. The number of carbonyl (C=O) groups is 1. The fourth-order valence-electron chi connectivity index (χ4n) is 1.72. The molecule has 1 aromatic rings. The minimum atomic E-state index is -0.571. The van der Waals surface area contributed by atoms with Crippen LogP contribution in [-0.2, 0) is 0 Å². The average Bonchev–Trinajstić information content (AvgIpc) is 2.34. The van der Waals surface area contributed by atoms with Gasteiger partial charge in [-0.15, -0.1) is 0 Å². The first kappa shape index (κ1) is 14.4. The number of nitrogens with one attached hydrogen (secondary N) is 1. The predicted molar refractivity (Wildman–Crippen MR) is 67.9 cm³/mol. The van der Waals surface area contributed by atoms with E-state index >= 15 is 0 Å². The quantitative estimate of drug-likeness (QED) is 0.722. The van der Waals surface area contributed by atoms with Crippen LogP contribution in [0, 0.1) is 11.7 Å². The van der Waals surface area contributed by atoms with Crippen LogP contribution in [0.3, 0.4) is 0 Å². The second-order valence-electron chi connectivity index (χ2n) is 4.22. The van der Waals surface area contributed by atoms with Crippen molar-refractivity contribution in [3.63, 3.8) is 0 Å². The summed E-state index contributed by atoms with van der Waals surface area (Å²) in [5.41, 5.74) is 5.55. The van der Waals surface area contributed by atoms with Gasteiger partial charge >= 0.3 is 0 Å². The SMILES string of the molecule is CCC(CCN)CNC(=O)c1ccc(F)cc1O. The van der Waals surface area contributed by atoms with Crippen LogP contribution in [0.4, 0.5) is 4.39 Å². The first-order chi connectivity index (χ1) is 8.58. The van der Waals surface area contributed by atoms with Gasteiger partial charge in [0.1, 0.15) is 11.6 Å². The number of phenolic OH excluding ortho intramolecular Hbond substituents is 1. The number of rotatable bonds is 6. The molecule has 100 valence electrons. The van der Waals surface area contributed by atoms with Crippen LogP contribution in [0.15, 0.2) is 18.2 Å². The number of halogens is 1. The van der Waals surface area contributed by atoms with Gasteiger partial charge in [-0.05, 0) is 31.0 Å². The van der Waals surface area contributed by atoms with E-state index in [-0.39, 0.29) is 11.3 Å². The normalized spacial score (nSPS) is 12.2. The van der Waals surface area contributed by atoms with E-state index in [9.17, 15) is 14.3 Å². The van der Waals surface area contributed by atoms with Crippen LogP contribution in [0.1, 0.15) is 30.1 Å². The first-order valence-electron chi connectivity index (χ1n) is 6.05. The molecule has 5 heteroatoms. The lowest BCUT2D eigenvalue weighted by Gasteiger charge is -2.14. The van der Waals surface area contributed by atoms with Crippen molar-refractivity contribution in [1.29, 1.82) is 0 Å². The highest BCUT2D eigenvalue weighted by Crippen LogP contribution is 2.18. The number of phenols is 1. The summed E-state index contributed by atoms with van der Waals surface area (Å²) in [7, 11) is 0. The first-order valence-corrected chi connectivity index (χ1v) is 6.05. The van der Waals surface area contributed by atoms with Crippen molar-refractivity contribution in [3.05, 3.63) is 29.6 Å². The molecule has 1 atom stereocenters. The molecule has 0 aromatic heterocycles. The van der Waals surface area contributed by atoms with Crippen molar-refractivity contribution in [1.82, 2.24) is 5.32 Å². The number of amides is 1. The minimum absolute atomic E-state index is 0.0824. The monoisotopic (exact) mass is 254 g/mol. The van der Waals surface area contributed by atoms with E-state index in [0.717, 1.165) is 25.0 Å². The molecule has 1 aromatic carbocycles. The molecular weight excluding hydrogens is 235 g/mol. The maximum absolute atomic E-state index is 12.8. The van der Waals surface area contributed by atoms with E-state index in [4.69, 9.17) is 5.73 Å². The molecule has 0 aliphatic carbocycles. The molecule has 0 radical (unpaired) electrons. The maximum Gasteiger partial charge on any atom is 0.255 e. The summed E-state index contributed by atoms with van der Waals surface area (Å²) in [4.78, 5) is 11.8. The number of hydrogen-bond donors (Lipinski definition) is 3. The van der Waals surface area contributed by atoms with Crippen molar-refractivity contribution in [2.24, 2.45) is 11.7 Å². The van der Waals surface area contributed by atoms with Gasteiger partial charge in [-0.3, -0.25) is 4.79 Å². The average molecular weight is 254 g/mol. The van der Waals surface area contributed by atoms with Gasteiger partial charge in [0.2, 0.25) is 0 Å². The van der Waals surface area contributed by atoms with Crippen LogP contribution in [0.25, 0.3) is 0 Å². The highest BCUT2D eigenvalue weighted by atomic mass is 19.1. The van der Waals surface area contributed by atoms with Gasteiger partial charge < -0.3 is 16.2 Å². The van der Waals surface area contributed by atoms with E-state index in [0.29, 0.717) is 19.0 Å². The Morgan fingerprint density at radius 2 is 2.28 bits per heavy atom. The molecule has 0 spiro atoms. The summed E-state index contributed by atoms with van der Waals surface area (Å²) in [6.07, 6.45) is 1.76. The standard InChI is InChI=1S/C13H19FN2O2/c1-2-9(5-6-15)8-16-13(18)11-4-3-10(14)7-12(11)17/h3-4,7,9,17H,2,5-6,8,15H2,1H3,(H,16,18). The van der Waals surface area contributed by atoms with Crippen LogP contribution in [0.2, 0.25) is 0 Å². The Balaban J connectivity index is 2.59. The van der Waals surface area contributed by atoms with Gasteiger partial charge in [0, 0.05) is 12.6 Å². The summed E-state index contributed by atoms with van der Waals surface area (Å²) in [6, 6.07) is 3.34. The van der Waals surface area contributed by atoms with Gasteiger partial charge in [-0.1, -0.05) is 13.3 Å². The lowest BCUT2D eigenvalue weighted by Crippen LogP contribution is -2.30. The van der Waals surface area contributed by atoms with Crippen molar-refractivity contribution >= 4 is 5.91 Å². The summed E-state index contributed by atoms with van der Waals surface area (Å²) < 4.78 is 12.8. The third-order valence-electron chi connectivity index (χ3n) is 2.91. The zero-order chi connectivity index (χ0) is 13.5. The lowest BCUT2D eigenvalue weighted by atomic mass is 10.0. The zero-order valence-corrected chi connectivity index (χ0v) is 10.4. The number of hydrogen-bond acceptors (Lipinski definition) is 3. The Kier molecular flexibility index (Phi) is 5.58. The van der Waals surface area contributed by atoms with Crippen molar-refractivity contribution in [2.45, 2.75) is 19.8 Å². The fraction of sp³-hybridized carbons (Fsp3) is 0.462. The van der Waals surface area contributed by atoms with E-state index < -0.39 is 11.7 Å². The molecule has 18 heavy (non-hydrogen) atoms. The highest BCUT2D eigenvalue weighted by molar-refractivity contribution is 5.96. The molecule has 4 N–H and O–H groups in total. The third kappa shape index (κ3) is 4.00. The highest BCUT2D eigenvalue weighted by Gasteiger charge is 2.13. The zero-order valence-electron chi connectivity index (χ0n) is 10.4. The topological polar surface area (TPSA) is 75.3 Å². The third-order valence-corrected chi connectivity index (χ3v) is 2.91. The number of nitrogens with two attached hydrogens (primary N) is 1. The molecule has 4 nitrogen and oxygen atoms in total. The second kappa shape index (κ2) is 6.96. The van der Waals surface area contributed by atoms with E-state index in [1.54, 1.807) is 0 Å². The van der Waals surface area contributed by atoms with Crippen molar-refractivity contribution in [2.75, 3.05) is 13.1 Å². The van der Waals surface area contributed by atoms with E-state index in [1.165, 1.54) is 6.07 Å². The Morgan fingerprint density at radius 1 is 1.56 bits per heavy atom. The number of aromatic hydroxyl groups is 1. The minimum Gasteiger partial charge on any atom is -0.507 e. The summed E-state index contributed by atoms with van der Waals surface area (Å²) in [6.45, 7) is 3.11.